The number of nitrogens with one attached hydrogen (secondary N) is 1. The monoisotopic (exact) mass is 284 g/mol. The number of hydrogen-bond acceptors (Lipinski definition) is 3. The number of nitrogens with zero attached hydrogens (tertiary/aromatic N) is 1. The molecule has 0 fully saturated rings. The van der Waals surface area contributed by atoms with E-state index in [0.717, 1.165) is 25.0 Å². The van der Waals surface area contributed by atoms with Crippen LogP contribution < -0.4 is 10.1 Å². The van der Waals surface area contributed by atoms with Crippen LogP contribution in [-0.4, -0.2) is 25.2 Å². The molecule has 1 atom stereocenters. The zero-order chi connectivity index (χ0) is 15.1. The molecule has 1 unspecified atom stereocenters. The maximum Gasteiger partial charge on any atom is 0.122 e. The van der Waals surface area contributed by atoms with Crippen LogP contribution in [0.3, 0.4) is 0 Å². The van der Waals surface area contributed by atoms with Crippen molar-refractivity contribution >= 4 is 0 Å². The van der Waals surface area contributed by atoms with Crippen LogP contribution in [0, 0.1) is 6.92 Å². The van der Waals surface area contributed by atoms with Crippen LogP contribution in [0.15, 0.2) is 42.7 Å². The molecule has 0 amide bonds. The number of rotatable bonds is 7. The van der Waals surface area contributed by atoms with Gasteiger partial charge >= 0.3 is 0 Å². The summed E-state index contributed by atoms with van der Waals surface area (Å²) in [5.74, 6) is 0.977. The molecule has 0 saturated heterocycles. The Morgan fingerprint density at radius 1 is 1.19 bits per heavy atom. The SMILES string of the molecule is CNC(CCc1ccncc1)Cc1cc(C)ccc1OC. The Morgan fingerprint density at radius 3 is 2.62 bits per heavy atom. The number of aromatic nitrogens is 1. The molecule has 112 valence electrons. The first-order valence-electron chi connectivity index (χ1n) is 7.42. The molecule has 0 bridgehead atoms. The fraction of sp³-hybridized carbons (Fsp3) is 0.389. The second-order valence-corrected chi connectivity index (χ2v) is 5.40. The van der Waals surface area contributed by atoms with E-state index in [0.29, 0.717) is 6.04 Å². The minimum absolute atomic E-state index is 0.439. The molecule has 1 aromatic carbocycles. The predicted octanol–water partition coefficient (Wildman–Crippen LogP) is 3.16. The summed E-state index contributed by atoms with van der Waals surface area (Å²) in [6.45, 7) is 2.12. The van der Waals surface area contributed by atoms with Gasteiger partial charge in [0.25, 0.3) is 0 Å². The van der Waals surface area contributed by atoms with E-state index in [9.17, 15) is 0 Å². The summed E-state index contributed by atoms with van der Waals surface area (Å²) in [6, 6.07) is 11.0. The molecule has 2 aromatic rings. The third-order valence-corrected chi connectivity index (χ3v) is 3.84. The highest BCUT2D eigenvalue weighted by Gasteiger charge is 2.11. The molecule has 1 N–H and O–H groups in total. The maximum atomic E-state index is 5.47. The summed E-state index contributed by atoms with van der Waals surface area (Å²) in [4.78, 5) is 4.06. The topological polar surface area (TPSA) is 34.2 Å². The zero-order valence-electron chi connectivity index (χ0n) is 13.1. The van der Waals surface area contributed by atoms with Crippen LogP contribution in [0.2, 0.25) is 0 Å². The van der Waals surface area contributed by atoms with Crippen LogP contribution in [0.25, 0.3) is 0 Å². The van der Waals surface area contributed by atoms with E-state index in [1.165, 1.54) is 16.7 Å². The highest BCUT2D eigenvalue weighted by Crippen LogP contribution is 2.22. The van der Waals surface area contributed by atoms with E-state index in [1.807, 2.05) is 19.4 Å². The Bertz CT molecular complexity index is 554. The third kappa shape index (κ3) is 4.57. The molecule has 0 aliphatic heterocycles. The normalized spacial score (nSPS) is 12.1. The van der Waals surface area contributed by atoms with Gasteiger partial charge in [-0.05, 0) is 62.6 Å². The molecular formula is C18H24N2O. The number of ether oxygens (including phenoxy) is 1. The van der Waals surface area contributed by atoms with Crippen molar-refractivity contribution in [1.29, 1.82) is 0 Å². The summed E-state index contributed by atoms with van der Waals surface area (Å²) in [7, 11) is 3.76. The molecule has 0 aliphatic rings. The first-order valence-corrected chi connectivity index (χ1v) is 7.42. The van der Waals surface area contributed by atoms with E-state index in [4.69, 9.17) is 4.74 Å². The lowest BCUT2D eigenvalue weighted by Crippen LogP contribution is -2.28. The summed E-state index contributed by atoms with van der Waals surface area (Å²) in [5.41, 5.74) is 3.88. The largest absolute Gasteiger partial charge is 0.496 e. The van der Waals surface area contributed by atoms with E-state index in [-0.39, 0.29) is 0 Å². The summed E-state index contributed by atoms with van der Waals surface area (Å²) in [5, 5.41) is 3.42. The molecule has 21 heavy (non-hydrogen) atoms. The van der Waals surface area contributed by atoms with E-state index in [1.54, 1.807) is 7.11 Å². The van der Waals surface area contributed by atoms with Gasteiger partial charge in [0.2, 0.25) is 0 Å². The summed E-state index contributed by atoms with van der Waals surface area (Å²) >= 11 is 0. The molecule has 0 saturated carbocycles. The molecular weight excluding hydrogens is 260 g/mol. The number of hydrogen-bond donors (Lipinski definition) is 1. The highest BCUT2D eigenvalue weighted by molar-refractivity contribution is 5.37. The quantitative estimate of drug-likeness (QED) is 0.848. The van der Waals surface area contributed by atoms with Crippen LogP contribution in [0.4, 0.5) is 0 Å². The Morgan fingerprint density at radius 2 is 1.95 bits per heavy atom. The van der Waals surface area contributed by atoms with Crippen molar-refractivity contribution in [3.8, 4) is 5.75 Å². The fourth-order valence-corrected chi connectivity index (χ4v) is 2.57. The molecule has 0 aliphatic carbocycles. The summed E-state index contributed by atoms with van der Waals surface area (Å²) in [6.07, 6.45) is 6.84. The van der Waals surface area contributed by atoms with E-state index in [2.05, 4.69) is 47.6 Å². The van der Waals surface area contributed by atoms with Gasteiger partial charge in [-0.3, -0.25) is 4.98 Å². The van der Waals surface area contributed by atoms with Gasteiger partial charge in [-0.1, -0.05) is 17.7 Å². The molecule has 1 heterocycles. The van der Waals surface area contributed by atoms with Crippen LogP contribution in [-0.2, 0) is 12.8 Å². The molecule has 3 heteroatoms. The average molecular weight is 284 g/mol. The molecule has 3 nitrogen and oxygen atoms in total. The number of likely N-dealkylation sites (N-methyl/N-ethyl adjacent to an activating group) is 1. The molecule has 2 rings (SSSR count). The van der Waals surface area contributed by atoms with Crippen molar-refractivity contribution in [1.82, 2.24) is 10.3 Å². The van der Waals surface area contributed by atoms with Gasteiger partial charge in [-0.25, -0.2) is 0 Å². The number of pyridine rings is 1. The van der Waals surface area contributed by atoms with Gasteiger partial charge < -0.3 is 10.1 Å². The first-order chi connectivity index (χ1) is 10.2. The zero-order valence-corrected chi connectivity index (χ0v) is 13.1. The lowest BCUT2D eigenvalue weighted by molar-refractivity contribution is 0.404. The minimum atomic E-state index is 0.439. The smallest absolute Gasteiger partial charge is 0.122 e. The molecule has 0 spiro atoms. The standard InChI is InChI=1S/C18H24N2O/c1-14-4-7-18(21-3)16(12-14)13-17(19-2)6-5-15-8-10-20-11-9-15/h4,7-12,17,19H,5-6,13H2,1-3H3. The maximum absolute atomic E-state index is 5.47. The van der Waals surface area contributed by atoms with E-state index >= 15 is 0 Å². The first kappa shape index (κ1) is 15.5. The highest BCUT2D eigenvalue weighted by atomic mass is 16.5. The second-order valence-electron chi connectivity index (χ2n) is 5.40. The lowest BCUT2D eigenvalue weighted by Gasteiger charge is -2.18. The van der Waals surface area contributed by atoms with Crippen molar-refractivity contribution in [2.45, 2.75) is 32.2 Å². The Hall–Kier alpha value is -1.87. The van der Waals surface area contributed by atoms with Crippen LogP contribution in [0.1, 0.15) is 23.1 Å². The number of methoxy groups -OCH3 is 1. The van der Waals surface area contributed by atoms with Crippen LogP contribution >= 0.6 is 0 Å². The van der Waals surface area contributed by atoms with Gasteiger partial charge in [-0.15, -0.1) is 0 Å². The van der Waals surface area contributed by atoms with Gasteiger partial charge in [0.1, 0.15) is 5.75 Å². The van der Waals surface area contributed by atoms with Crippen molar-refractivity contribution < 1.29 is 4.74 Å². The fourth-order valence-electron chi connectivity index (χ4n) is 2.57. The number of aryl methyl sites for hydroxylation is 2. The van der Waals surface area contributed by atoms with Gasteiger partial charge in [0.05, 0.1) is 7.11 Å². The third-order valence-electron chi connectivity index (χ3n) is 3.84. The van der Waals surface area contributed by atoms with Crippen molar-refractivity contribution in [3.05, 3.63) is 59.4 Å². The molecule has 0 radical (unpaired) electrons. The Labute approximate surface area is 127 Å². The second kappa shape index (κ2) is 7.79. The van der Waals surface area contributed by atoms with Gasteiger partial charge in [0.15, 0.2) is 0 Å². The van der Waals surface area contributed by atoms with Crippen molar-refractivity contribution in [3.63, 3.8) is 0 Å². The number of benzene rings is 1. The predicted molar refractivity (Wildman–Crippen MR) is 86.8 cm³/mol. The summed E-state index contributed by atoms with van der Waals surface area (Å²) < 4.78 is 5.47. The minimum Gasteiger partial charge on any atom is -0.496 e. The Balaban J connectivity index is 2.00. The average Bonchev–Trinajstić information content (AvgIpc) is 2.52. The van der Waals surface area contributed by atoms with Gasteiger partial charge in [-0.2, -0.15) is 0 Å². The Kier molecular flexibility index (Phi) is 5.76. The van der Waals surface area contributed by atoms with Crippen molar-refractivity contribution in [2.24, 2.45) is 0 Å². The van der Waals surface area contributed by atoms with E-state index < -0.39 is 0 Å². The van der Waals surface area contributed by atoms with Crippen LogP contribution in [0.5, 0.6) is 5.75 Å². The lowest BCUT2D eigenvalue weighted by atomic mass is 9.98. The molecule has 1 aromatic heterocycles. The van der Waals surface area contributed by atoms with Gasteiger partial charge in [0, 0.05) is 18.4 Å². The van der Waals surface area contributed by atoms with Crippen molar-refractivity contribution in [2.75, 3.05) is 14.2 Å².